The van der Waals surface area contributed by atoms with E-state index in [1.54, 1.807) is 0 Å². The van der Waals surface area contributed by atoms with Crippen LogP contribution in [0.15, 0.2) is 22.7 Å². The van der Waals surface area contributed by atoms with Gasteiger partial charge in [-0.15, -0.1) is 0 Å². The molecule has 0 saturated carbocycles. The molecule has 0 heterocycles. The summed E-state index contributed by atoms with van der Waals surface area (Å²) in [6.07, 6.45) is 0. The van der Waals surface area contributed by atoms with E-state index in [9.17, 15) is 5.11 Å². The summed E-state index contributed by atoms with van der Waals surface area (Å²) in [5.41, 5.74) is 1.03. The van der Waals surface area contributed by atoms with Gasteiger partial charge in [-0.25, -0.2) is 0 Å². The fourth-order valence-electron chi connectivity index (χ4n) is 1.48. The molecule has 96 valence electrons. The maximum atomic E-state index is 9.38. The first-order valence-corrected chi connectivity index (χ1v) is 6.65. The Morgan fingerprint density at radius 3 is 2.71 bits per heavy atom. The standard InChI is InChI=1S/C12H18BrClN2O/c1-16(2)6-5-15-12(8-17)9-3-4-11(14)10(13)7-9/h3-4,7,12,15,17H,5-6,8H2,1-2H3. The molecular formula is C12H18BrClN2O. The molecule has 1 aromatic rings. The Labute approximate surface area is 116 Å². The largest absolute Gasteiger partial charge is 0.394 e. The third kappa shape index (κ3) is 4.94. The molecule has 3 nitrogen and oxygen atoms in total. The molecule has 0 aliphatic rings. The minimum absolute atomic E-state index is 0.0523. The van der Waals surface area contributed by atoms with Crippen LogP contribution < -0.4 is 5.32 Å². The number of hydrogen-bond donors (Lipinski definition) is 2. The normalized spacial score (nSPS) is 13.1. The molecule has 0 bridgehead atoms. The number of nitrogens with one attached hydrogen (secondary N) is 1. The van der Waals surface area contributed by atoms with Crippen molar-refractivity contribution in [1.29, 1.82) is 0 Å². The molecular weight excluding hydrogens is 304 g/mol. The summed E-state index contributed by atoms with van der Waals surface area (Å²) in [5, 5.41) is 13.4. The summed E-state index contributed by atoms with van der Waals surface area (Å²) in [6, 6.07) is 5.64. The predicted octanol–water partition coefficient (Wildman–Crippen LogP) is 2.29. The lowest BCUT2D eigenvalue weighted by atomic mass is 10.1. The molecule has 0 aliphatic carbocycles. The highest BCUT2D eigenvalue weighted by Crippen LogP contribution is 2.25. The van der Waals surface area contributed by atoms with Crippen LogP contribution in [0.4, 0.5) is 0 Å². The first-order valence-electron chi connectivity index (χ1n) is 5.48. The van der Waals surface area contributed by atoms with Crippen LogP contribution in [0.3, 0.4) is 0 Å². The van der Waals surface area contributed by atoms with Gasteiger partial charge in [0.25, 0.3) is 0 Å². The predicted molar refractivity (Wildman–Crippen MR) is 75.5 cm³/mol. The van der Waals surface area contributed by atoms with Crippen LogP contribution in [0, 0.1) is 0 Å². The molecule has 2 N–H and O–H groups in total. The minimum atomic E-state index is -0.0523. The zero-order valence-corrected chi connectivity index (χ0v) is 12.4. The number of likely N-dealkylation sites (N-methyl/N-ethyl adjacent to an activating group) is 1. The van der Waals surface area contributed by atoms with Crippen LogP contribution in [0.25, 0.3) is 0 Å². The van der Waals surface area contributed by atoms with Gasteiger partial charge in [0.1, 0.15) is 0 Å². The number of rotatable bonds is 6. The summed E-state index contributed by atoms with van der Waals surface area (Å²) >= 11 is 9.32. The van der Waals surface area contributed by atoms with Crippen molar-refractivity contribution >= 4 is 27.5 Å². The number of aliphatic hydroxyl groups excluding tert-OH is 1. The monoisotopic (exact) mass is 320 g/mol. The Morgan fingerprint density at radius 2 is 2.18 bits per heavy atom. The Morgan fingerprint density at radius 1 is 1.47 bits per heavy atom. The topological polar surface area (TPSA) is 35.5 Å². The number of halogens is 2. The van der Waals surface area contributed by atoms with Crippen LogP contribution in [-0.4, -0.2) is 43.8 Å². The highest BCUT2D eigenvalue weighted by Gasteiger charge is 2.10. The van der Waals surface area contributed by atoms with Gasteiger partial charge < -0.3 is 15.3 Å². The van der Waals surface area contributed by atoms with Crippen molar-refractivity contribution in [2.75, 3.05) is 33.8 Å². The summed E-state index contributed by atoms with van der Waals surface area (Å²) in [4.78, 5) is 2.10. The van der Waals surface area contributed by atoms with Crippen LogP contribution in [0.1, 0.15) is 11.6 Å². The molecule has 1 unspecified atom stereocenters. The van der Waals surface area contributed by atoms with Gasteiger partial charge in [0.15, 0.2) is 0 Å². The Bertz CT molecular complexity index is 360. The van der Waals surface area contributed by atoms with Gasteiger partial charge in [-0.05, 0) is 47.7 Å². The third-order valence-electron chi connectivity index (χ3n) is 2.48. The van der Waals surface area contributed by atoms with Gasteiger partial charge in [0.2, 0.25) is 0 Å². The highest BCUT2D eigenvalue weighted by atomic mass is 79.9. The molecule has 17 heavy (non-hydrogen) atoms. The zero-order chi connectivity index (χ0) is 12.8. The molecule has 0 aliphatic heterocycles. The van der Waals surface area contributed by atoms with E-state index in [1.807, 2.05) is 32.3 Å². The van der Waals surface area contributed by atoms with Crippen molar-refractivity contribution in [2.24, 2.45) is 0 Å². The number of hydrogen-bond acceptors (Lipinski definition) is 3. The van der Waals surface area contributed by atoms with Crippen LogP contribution in [-0.2, 0) is 0 Å². The fourth-order valence-corrected chi connectivity index (χ4v) is 1.99. The van der Waals surface area contributed by atoms with E-state index in [-0.39, 0.29) is 12.6 Å². The molecule has 5 heteroatoms. The van der Waals surface area contributed by atoms with Gasteiger partial charge in [-0.1, -0.05) is 17.7 Å². The molecule has 0 saturated heterocycles. The maximum absolute atomic E-state index is 9.38. The fraction of sp³-hybridized carbons (Fsp3) is 0.500. The van der Waals surface area contributed by atoms with Crippen molar-refractivity contribution in [3.8, 4) is 0 Å². The van der Waals surface area contributed by atoms with Gasteiger partial charge in [-0.3, -0.25) is 0 Å². The summed E-state index contributed by atoms with van der Waals surface area (Å²) in [6.45, 7) is 1.84. The van der Waals surface area contributed by atoms with Crippen LogP contribution in [0.2, 0.25) is 5.02 Å². The smallest absolute Gasteiger partial charge is 0.0626 e. The van der Waals surface area contributed by atoms with Gasteiger partial charge in [0, 0.05) is 17.6 Å². The van der Waals surface area contributed by atoms with Crippen LogP contribution in [0.5, 0.6) is 0 Å². The van der Waals surface area contributed by atoms with E-state index in [2.05, 4.69) is 26.1 Å². The van der Waals surface area contributed by atoms with Crippen LogP contribution >= 0.6 is 27.5 Å². The Hall–Kier alpha value is -0.130. The second-order valence-corrected chi connectivity index (χ2v) is 5.43. The van der Waals surface area contributed by atoms with Gasteiger partial charge in [0.05, 0.1) is 17.7 Å². The third-order valence-corrected chi connectivity index (χ3v) is 3.69. The minimum Gasteiger partial charge on any atom is -0.394 e. The van der Waals surface area contributed by atoms with Crippen molar-refractivity contribution < 1.29 is 5.11 Å². The quantitative estimate of drug-likeness (QED) is 0.844. The molecule has 0 radical (unpaired) electrons. The van der Waals surface area contributed by atoms with Gasteiger partial charge in [-0.2, -0.15) is 0 Å². The van der Waals surface area contributed by atoms with E-state index in [4.69, 9.17) is 11.6 Å². The van der Waals surface area contributed by atoms with Crippen molar-refractivity contribution in [2.45, 2.75) is 6.04 Å². The average Bonchev–Trinajstić information content (AvgIpc) is 2.28. The molecule has 1 atom stereocenters. The van der Waals surface area contributed by atoms with Crippen molar-refractivity contribution in [1.82, 2.24) is 10.2 Å². The van der Waals surface area contributed by atoms with E-state index < -0.39 is 0 Å². The molecule has 0 aromatic heterocycles. The lowest BCUT2D eigenvalue weighted by Crippen LogP contribution is -2.31. The highest BCUT2D eigenvalue weighted by molar-refractivity contribution is 9.10. The van der Waals surface area contributed by atoms with Crippen molar-refractivity contribution in [3.05, 3.63) is 33.3 Å². The first-order chi connectivity index (χ1) is 8.04. The lowest BCUT2D eigenvalue weighted by molar-refractivity contribution is 0.240. The number of nitrogens with zero attached hydrogens (tertiary/aromatic N) is 1. The van der Waals surface area contributed by atoms with E-state index >= 15 is 0 Å². The van der Waals surface area contributed by atoms with Gasteiger partial charge >= 0.3 is 0 Å². The van der Waals surface area contributed by atoms with E-state index in [0.29, 0.717) is 5.02 Å². The average molecular weight is 322 g/mol. The molecule has 1 rings (SSSR count). The molecule has 0 spiro atoms. The summed E-state index contributed by atoms with van der Waals surface area (Å²) in [7, 11) is 4.04. The van der Waals surface area contributed by atoms with E-state index in [1.165, 1.54) is 0 Å². The zero-order valence-electron chi connectivity index (χ0n) is 10.1. The van der Waals surface area contributed by atoms with Crippen molar-refractivity contribution in [3.63, 3.8) is 0 Å². The van der Waals surface area contributed by atoms with E-state index in [0.717, 1.165) is 23.1 Å². The maximum Gasteiger partial charge on any atom is 0.0626 e. The lowest BCUT2D eigenvalue weighted by Gasteiger charge is -2.19. The molecule has 0 fully saturated rings. The Kier molecular flexibility index (Phi) is 6.44. The summed E-state index contributed by atoms with van der Waals surface area (Å²) < 4.78 is 0.851. The molecule has 1 aromatic carbocycles. The number of benzene rings is 1. The second kappa shape index (κ2) is 7.34. The molecule has 0 amide bonds. The number of aliphatic hydroxyl groups is 1. The Balaban J connectivity index is 2.62. The summed E-state index contributed by atoms with van der Waals surface area (Å²) in [5.74, 6) is 0. The first kappa shape index (κ1) is 14.9. The SMILES string of the molecule is CN(C)CCNC(CO)c1ccc(Cl)c(Br)c1. The second-order valence-electron chi connectivity index (χ2n) is 4.17.